The average molecular weight is 424 g/mol. The van der Waals surface area contributed by atoms with Gasteiger partial charge in [0.15, 0.2) is 5.78 Å². The largest absolute Gasteiger partial charge is 0.465 e. The number of benzene rings is 2. The van der Waals surface area contributed by atoms with Crippen molar-refractivity contribution in [1.29, 1.82) is 0 Å². The lowest BCUT2D eigenvalue weighted by atomic mass is 9.75. The molecule has 0 aromatic heterocycles. The number of aryl methyl sites for hydroxylation is 1. The molecule has 1 N–H and O–H groups in total. The first kappa shape index (κ1) is 22.5. The maximum Gasteiger partial charge on any atom is 0.407 e. The van der Waals surface area contributed by atoms with Crippen molar-refractivity contribution in [3.63, 3.8) is 0 Å². The van der Waals surface area contributed by atoms with Crippen molar-refractivity contribution in [2.45, 2.75) is 51.7 Å². The molecule has 6 nitrogen and oxygen atoms in total. The molecule has 0 bridgehead atoms. The van der Waals surface area contributed by atoms with Crippen molar-refractivity contribution in [1.82, 2.24) is 5.32 Å². The Morgan fingerprint density at radius 1 is 1.00 bits per heavy atom. The molecule has 1 aliphatic carbocycles. The fraction of sp³-hybridized carbons (Fsp3) is 0.400. The number of alkyl carbamates (subject to hydrolysis) is 1. The van der Waals surface area contributed by atoms with Crippen molar-refractivity contribution in [2.75, 3.05) is 6.61 Å². The van der Waals surface area contributed by atoms with Crippen LogP contribution in [0.5, 0.6) is 0 Å². The van der Waals surface area contributed by atoms with Crippen LogP contribution < -0.4 is 5.32 Å². The zero-order valence-electron chi connectivity index (χ0n) is 17.8. The zero-order valence-corrected chi connectivity index (χ0v) is 17.8. The molecule has 164 valence electrons. The Hall–Kier alpha value is -3.15. The Kier molecular flexibility index (Phi) is 7.82. The SMILES string of the molecule is CCOC(=O)C1(C(CCc2ccccc2)NC(=O)OCc2ccccc2)CCCC1=O. The quantitative estimate of drug-likeness (QED) is 0.482. The fourth-order valence-corrected chi connectivity index (χ4v) is 4.18. The van der Waals surface area contributed by atoms with Gasteiger partial charge in [0, 0.05) is 6.42 Å². The number of esters is 1. The molecule has 0 heterocycles. The molecule has 0 radical (unpaired) electrons. The van der Waals surface area contributed by atoms with E-state index in [1.165, 1.54) is 0 Å². The van der Waals surface area contributed by atoms with Gasteiger partial charge in [0.2, 0.25) is 0 Å². The van der Waals surface area contributed by atoms with E-state index in [0.717, 1.165) is 11.1 Å². The van der Waals surface area contributed by atoms with Gasteiger partial charge < -0.3 is 14.8 Å². The van der Waals surface area contributed by atoms with Gasteiger partial charge in [-0.15, -0.1) is 0 Å². The first-order chi connectivity index (χ1) is 15.1. The first-order valence-electron chi connectivity index (χ1n) is 10.8. The number of carbonyl (C=O) groups excluding carboxylic acids is 3. The number of nitrogens with one attached hydrogen (secondary N) is 1. The summed E-state index contributed by atoms with van der Waals surface area (Å²) in [6.45, 7) is 2.00. The van der Waals surface area contributed by atoms with E-state index in [4.69, 9.17) is 9.47 Å². The predicted octanol–water partition coefficient (Wildman–Crippen LogP) is 4.22. The molecule has 0 aliphatic heterocycles. The summed E-state index contributed by atoms with van der Waals surface area (Å²) < 4.78 is 10.7. The molecule has 6 heteroatoms. The Bertz CT molecular complexity index is 883. The highest BCUT2D eigenvalue weighted by Gasteiger charge is 2.55. The zero-order chi connectivity index (χ0) is 22.1. The Labute approximate surface area is 182 Å². The second-order valence-corrected chi connectivity index (χ2v) is 7.75. The predicted molar refractivity (Wildman–Crippen MR) is 116 cm³/mol. The minimum absolute atomic E-state index is 0.110. The summed E-state index contributed by atoms with van der Waals surface area (Å²) in [5.74, 6) is -0.730. The van der Waals surface area contributed by atoms with E-state index in [9.17, 15) is 14.4 Å². The van der Waals surface area contributed by atoms with E-state index in [1.54, 1.807) is 6.92 Å². The van der Waals surface area contributed by atoms with Gasteiger partial charge in [-0.05, 0) is 43.7 Å². The van der Waals surface area contributed by atoms with Gasteiger partial charge in [-0.3, -0.25) is 9.59 Å². The molecule has 0 saturated heterocycles. The highest BCUT2D eigenvalue weighted by Crippen LogP contribution is 2.41. The second-order valence-electron chi connectivity index (χ2n) is 7.75. The van der Waals surface area contributed by atoms with Crippen LogP contribution in [0.4, 0.5) is 4.79 Å². The van der Waals surface area contributed by atoms with Crippen LogP contribution in [0.25, 0.3) is 0 Å². The highest BCUT2D eigenvalue weighted by molar-refractivity contribution is 6.06. The van der Waals surface area contributed by atoms with E-state index in [-0.39, 0.29) is 19.0 Å². The molecule has 1 fully saturated rings. The molecule has 1 amide bonds. The number of hydrogen-bond donors (Lipinski definition) is 1. The number of Topliss-reactive ketones (excluding diaryl/α,β-unsaturated/α-hetero) is 1. The van der Waals surface area contributed by atoms with Crippen LogP contribution in [-0.4, -0.2) is 30.5 Å². The van der Waals surface area contributed by atoms with Crippen LogP contribution in [0.3, 0.4) is 0 Å². The average Bonchev–Trinajstić information content (AvgIpc) is 3.19. The summed E-state index contributed by atoms with van der Waals surface area (Å²) >= 11 is 0. The van der Waals surface area contributed by atoms with Crippen molar-refractivity contribution in [3.05, 3.63) is 71.8 Å². The number of ketones is 1. The lowest BCUT2D eigenvalue weighted by Crippen LogP contribution is -2.55. The van der Waals surface area contributed by atoms with Gasteiger partial charge in [0.1, 0.15) is 12.0 Å². The fourth-order valence-electron chi connectivity index (χ4n) is 4.18. The van der Waals surface area contributed by atoms with Gasteiger partial charge in [0.25, 0.3) is 0 Å². The van der Waals surface area contributed by atoms with Gasteiger partial charge in [-0.1, -0.05) is 60.7 Å². The summed E-state index contributed by atoms with van der Waals surface area (Å²) in [5, 5.41) is 2.83. The van der Waals surface area contributed by atoms with E-state index in [0.29, 0.717) is 32.1 Å². The Balaban J connectivity index is 1.78. The summed E-state index contributed by atoms with van der Waals surface area (Å²) in [7, 11) is 0. The lowest BCUT2D eigenvalue weighted by molar-refractivity contribution is -0.160. The van der Waals surface area contributed by atoms with Gasteiger partial charge >= 0.3 is 12.1 Å². The number of rotatable bonds is 9. The number of amides is 1. The molecular formula is C25H29NO5. The standard InChI is InChI=1S/C25H29NO5/c1-2-30-23(28)25(17-9-14-22(25)27)21(16-15-19-10-5-3-6-11-19)26-24(29)31-18-20-12-7-4-8-13-20/h3-8,10-13,21H,2,9,14-18H2,1H3,(H,26,29). The Morgan fingerprint density at radius 2 is 1.65 bits per heavy atom. The number of carbonyl (C=O) groups is 3. The molecule has 31 heavy (non-hydrogen) atoms. The molecule has 2 aromatic rings. The smallest absolute Gasteiger partial charge is 0.407 e. The highest BCUT2D eigenvalue weighted by atomic mass is 16.5. The second kappa shape index (κ2) is 10.8. The van der Waals surface area contributed by atoms with Crippen molar-refractivity contribution < 1.29 is 23.9 Å². The third-order valence-electron chi connectivity index (χ3n) is 5.78. The van der Waals surface area contributed by atoms with Crippen LogP contribution in [0.15, 0.2) is 60.7 Å². The maximum absolute atomic E-state index is 13.0. The minimum Gasteiger partial charge on any atom is -0.465 e. The molecule has 3 rings (SSSR count). The molecular weight excluding hydrogens is 394 g/mol. The van der Waals surface area contributed by atoms with E-state index in [2.05, 4.69) is 5.32 Å². The third-order valence-corrected chi connectivity index (χ3v) is 5.78. The normalized spacial score (nSPS) is 18.9. The van der Waals surface area contributed by atoms with E-state index >= 15 is 0 Å². The van der Waals surface area contributed by atoms with Crippen LogP contribution in [-0.2, 0) is 32.1 Å². The van der Waals surface area contributed by atoms with E-state index < -0.39 is 23.5 Å². The minimum atomic E-state index is -1.36. The number of hydrogen-bond acceptors (Lipinski definition) is 5. The lowest BCUT2D eigenvalue weighted by Gasteiger charge is -2.34. The molecule has 1 aliphatic rings. The summed E-state index contributed by atoms with van der Waals surface area (Å²) in [5.41, 5.74) is 0.559. The summed E-state index contributed by atoms with van der Waals surface area (Å²) in [6.07, 6.45) is 1.66. The monoisotopic (exact) mass is 423 g/mol. The van der Waals surface area contributed by atoms with Crippen molar-refractivity contribution >= 4 is 17.8 Å². The molecule has 0 spiro atoms. The third kappa shape index (κ3) is 5.51. The van der Waals surface area contributed by atoms with Crippen LogP contribution >= 0.6 is 0 Å². The molecule has 1 saturated carbocycles. The van der Waals surface area contributed by atoms with Crippen molar-refractivity contribution in [3.8, 4) is 0 Å². The van der Waals surface area contributed by atoms with Gasteiger partial charge in [-0.25, -0.2) is 4.79 Å². The van der Waals surface area contributed by atoms with Crippen LogP contribution in [0.2, 0.25) is 0 Å². The maximum atomic E-state index is 13.0. The molecule has 2 aromatic carbocycles. The molecule has 2 atom stereocenters. The van der Waals surface area contributed by atoms with Crippen molar-refractivity contribution in [2.24, 2.45) is 5.41 Å². The van der Waals surface area contributed by atoms with E-state index in [1.807, 2.05) is 60.7 Å². The van der Waals surface area contributed by atoms with Crippen LogP contribution in [0, 0.1) is 5.41 Å². The summed E-state index contributed by atoms with van der Waals surface area (Å²) in [6, 6.07) is 18.4. The molecule has 2 unspecified atom stereocenters. The number of ether oxygens (including phenoxy) is 2. The van der Waals surface area contributed by atoms with Gasteiger partial charge in [-0.2, -0.15) is 0 Å². The topological polar surface area (TPSA) is 81.7 Å². The summed E-state index contributed by atoms with van der Waals surface area (Å²) in [4.78, 5) is 38.5. The first-order valence-corrected chi connectivity index (χ1v) is 10.8. The van der Waals surface area contributed by atoms with Crippen LogP contribution in [0.1, 0.15) is 43.7 Å². The Morgan fingerprint density at radius 3 is 2.23 bits per heavy atom. The van der Waals surface area contributed by atoms with Gasteiger partial charge in [0.05, 0.1) is 12.6 Å².